The van der Waals surface area contributed by atoms with Gasteiger partial charge in [-0.15, -0.1) is 0 Å². The molecule has 4 aromatic rings. The quantitative estimate of drug-likeness (QED) is 0.103. The summed E-state index contributed by atoms with van der Waals surface area (Å²) in [6.45, 7) is 3.83. The molecule has 0 aliphatic rings. The summed E-state index contributed by atoms with van der Waals surface area (Å²) >= 11 is 0. The number of aryl methyl sites for hydroxylation is 2. The molecule has 0 unspecified atom stereocenters. The molecule has 0 aliphatic heterocycles. The summed E-state index contributed by atoms with van der Waals surface area (Å²) in [6, 6.07) is 27.9. The first-order chi connectivity index (χ1) is 18.9. The highest BCUT2D eigenvalue weighted by Crippen LogP contribution is 2.22. The third kappa shape index (κ3) is 7.60. The Hall–Kier alpha value is -5.30. The van der Waals surface area contributed by atoms with Crippen LogP contribution in [0.15, 0.2) is 108 Å². The molecule has 7 heteroatoms. The number of para-hydroxylation sites is 2. The zero-order chi connectivity index (χ0) is 27.6. The summed E-state index contributed by atoms with van der Waals surface area (Å²) in [4.78, 5) is 37.4. The average molecular weight is 519 g/mol. The van der Waals surface area contributed by atoms with Crippen LogP contribution in [-0.2, 0) is 4.79 Å². The molecule has 0 saturated heterocycles. The van der Waals surface area contributed by atoms with Gasteiger partial charge in [-0.3, -0.25) is 4.79 Å². The Morgan fingerprint density at radius 2 is 1.36 bits per heavy atom. The second-order valence-electron chi connectivity index (χ2n) is 8.65. The lowest BCUT2D eigenvalue weighted by Gasteiger charge is -2.08. The van der Waals surface area contributed by atoms with Crippen LogP contribution in [0.25, 0.3) is 6.08 Å². The van der Waals surface area contributed by atoms with Crippen molar-refractivity contribution in [1.29, 1.82) is 0 Å². The van der Waals surface area contributed by atoms with Gasteiger partial charge >= 0.3 is 11.9 Å². The van der Waals surface area contributed by atoms with Crippen molar-refractivity contribution in [2.45, 2.75) is 13.8 Å². The molecule has 194 valence electrons. The minimum absolute atomic E-state index is 0.264. The van der Waals surface area contributed by atoms with Gasteiger partial charge in [0.25, 0.3) is 5.91 Å². The van der Waals surface area contributed by atoms with Gasteiger partial charge in [-0.2, -0.15) is 5.10 Å². The minimum Gasteiger partial charge on any atom is -0.423 e. The Kier molecular flexibility index (Phi) is 8.77. The maximum Gasteiger partial charge on any atom is 0.343 e. The second kappa shape index (κ2) is 12.8. The predicted molar refractivity (Wildman–Crippen MR) is 150 cm³/mol. The Morgan fingerprint density at radius 3 is 2.08 bits per heavy atom. The molecule has 0 aliphatic carbocycles. The van der Waals surface area contributed by atoms with E-state index >= 15 is 0 Å². The molecule has 0 heterocycles. The SMILES string of the molecule is Cc1ccc(C(=O)N/N=C/c2ccccc2OC(=O)/C=C/c2ccccc2OC(=O)c2cccc(C)c2)cc1. The van der Waals surface area contributed by atoms with Gasteiger partial charge in [-0.05, 0) is 62.4 Å². The number of benzene rings is 4. The first-order valence-corrected chi connectivity index (χ1v) is 12.2. The van der Waals surface area contributed by atoms with Crippen molar-refractivity contribution in [3.8, 4) is 11.5 Å². The van der Waals surface area contributed by atoms with Gasteiger partial charge in [0.1, 0.15) is 11.5 Å². The van der Waals surface area contributed by atoms with Crippen molar-refractivity contribution in [2.24, 2.45) is 5.10 Å². The fourth-order valence-corrected chi connectivity index (χ4v) is 3.55. The number of hydrogen-bond donors (Lipinski definition) is 1. The second-order valence-corrected chi connectivity index (χ2v) is 8.65. The molecular formula is C32H26N2O5. The van der Waals surface area contributed by atoms with Gasteiger partial charge in [0.05, 0.1) is 11.8 Å². The molecule has 0 aromatic heterocycles. The van der Waals surface area contributed by atoms with Crippen LogP contribution >= 0.6 is 0 Å². The van der Waals surface area contributed by atoms with Gasteiger partial charge in [0, 0.05) is 22.8 Å². The molecule has 0 radical (unpaired) electrons. The zero-order valence-electron chi connectivity index (χ0n) is 21.5. The molecule has 0 saturated carbocycles. The molecule has 7 nitrogen and oxygen atoms in total. The highest BCUT2D eigenvalue weighted by atomic mass is 16.5. The summed E-state index contributed by atoms with van der Waals surface area (Å²) in [5.74, 6) is -0.917. The van der Waals surface area contributed by atoms with E-state index in [4.69, 9.17) is 9.47 Å². The van der Waals surface area contributed by atoms with Crippen molar-refractivity contribution in [1.82, 2.24) is 5.43 Å². The smallest absolute Gasteiger partial charge is 0.343 e. The lowest BCUT2D eigenvalue weighted by Crippen LogP contribution is -2.17. The Balaban J connectivity index is 1.40. The number of rotatable bonds is 8. The maximum atomic E-state index is 12.6. The van der Waals surface area contributed by atoms with E-state index in [1.807, 2.05) is 32.0 Å². The van der Waals surface area contributed by atoms with Crippen LogP contribution in [0.4, 0.5) is 0 Å². The maximum absolute atomic E-state index is 12.6. The van der Waals surface area contributed by atoms with E-state index in [0.29, 0.717) is 28.0 Å². The summed E-state index contributed by atoms with van der Waals surface area (Å²) in [7, 11) is 0. The molecule has 0 spiro atoms. The molecule has 0 fully saturated rings. The highest BCUT2D eigenvalue weighted by molar-refractivity contribution is 5.96. The molecule has 39 heavy (non-hydrogen) atoms. The van der Waals surface area contributed by atoms with E-state index in [1.54, 1.807) is 78.9 Å². The van der Waals surface area contributed by atoms with Crippen LogP contribution in [0.5, 0.6) is 11.5 Å². The number of hydrazone groups is 1. The van der Waals surface area contributed by atoms with Gasteiger partial charge < -0.3 is 9.47 Å². The molecule has 4 aromatic carbocycles. The fourth-order valence-electron chi connectivity index (χ4n) is 3.55. The summed E-state index contributed by atoms with van der Waals surface area (Å²) in [5, 5.41) is 3.99. The summed E-state index contributed by atoms with van der Waals surface area (Å²) in [5.41, 5.74) is 6.40. The molecule has 0 atom stereocenters. The largest absolute Gasteiger partial charge is 0.423 e. The number of carbonyl (C=O) groups excluding carboxylic acids is 3. The number of esters is 2. The third-order valence-electron chi connectivity index (χ3n) is 5.59. The van der Waals surface area contributed by atoms with Crippen LogP contribution in [0, 0.1) is 13.8 Å². The summed E-state index contributed by atoms with van der Waals surface area (Å²) in [6.07, 6.45) is 4.16. The topological polar surface area (TPSA) is 94.1 Å². The van der Waals surface area contributed by atoms with E-state index < -0.39 is 11.9 Å². The lowest BCUT2D eigenvalue weighted by atomic mass is 10.1. The molecule has 4 rings (SSSR count). The Bertz CT molecular complexity index is 1560. The monoisotopic (exact) mass is 518 g/mol. The van der Waals surface area contributed by atoms with Crippen LogP contribution in [-0.4, -0.2) is 24.1 Å². The van der Waals surface area contributed by atoms with E-state index in [9.17, 15) is 14.4 Å². The number of carbonyl (C=O) groups is 3. The zero-order valence-corrected chi connectivity index (χ0v) is 21.5. The molecule has 1 amide bonds. The van der Waals surface area contributed by atoms with Gasteiger partial charge in [0.2, 0.25) is 0 Å². The molecule has 0 bridgehead atoms. The van der Waals surface area contributed by atoms with E-state index in [1.165, 1.54) is 18.4 Å². The van der Waals surface area contributed by atoms with Crippen LogP contribution < -0.4 is 14.9 Å². The van der Waals surface area contributed by atoms with Crippen molar-refractivity contribution >= 4 is 30.1 Å². The standard InChI is InChI=1S/C32H26N2O5/c1-22-14-16-25(17-15-22)31(36)34-33-21-27-10-4-6-13-29(27)38-30(35)19-18-24-9-3-5-12-28(24)39-32(37)26-11-7-8-23(2)20-26/h3-21H,1-2H3,(H,34,36)/b19-18+,33-21+. The Labute approximate surface area is 226 Å². The van der Waals surface area contributed by atoms with Crippen LogP contribution in [0.3, 0.4) is 0 Å². The lowest BCUT2D eigenvalue weighted by molar-refractivity contribution is -0.128. The Morgan fingerprint density at radius 1 is 0.692 bits per heavy atom. The number of nitrogens with zero attached hydrogens (tertiary/aromatic N) is 1. The number of ether oxygens (including phenoxy) is 2. The minimum atomic E-state index is -0.639. The number of amides is 1. The van der Waals surface area contributed by atoms with Gasteiger partial charge in [-0.1, -0.05) is 65.7 Å². The van der Waals surface area contributed by atoms with Crippen molar-refractivity contribution in [3.05, 3.63) is 137 Å². The third-order valence-corrected chi connectivity index (χ3v) is 5.59. The van der Waals surface area contributed by atoms with Crippen molar-refractivity contribution in [2.75, 3.05) is 0 Å². The van der Waals surface area contributed by atoms with Crippen LogP contribution in [0.2, 0.25) is 0 Å². The van der Waals surface area contributed by atoms with Crippen molar-refractivity contribution < 1.29 is 23.9 Å². The summed E-state index contributed by atoms with van der Waals surface area (Å²) < 4.78 is 11.1. The van der Waals surface area contributed by atoms with Crippen LogP contribution in [0.1, 0.15) is 43.0 Å². The van der Waals surface area contributed by atoms with Gasteiger partial charge in [-0.25, -0.2) is 15.0 Å². The highest BCUT2D eigenvalue weighted by Gasteiger charge is 2.12. The average Bonchev–Trinajstić information content (AvgIpc) is 2.94. The molecule has 1 N–H and O–H groups in total. The van der Waals surface area contributed by atoms with E-state index in [-0.39, 0.29) is 11.7 Å². The van der Waals surface area contributed by atoms with Crippen molar-refractivity contribution in [3.63, 3.8) is 0 Å². The number of hydrogen-bond acceptors (Lipinski definition) is 6. The predicted octanol–water partition coefficient (Wildman–Crippen LogP) is 5.91. The van der Waals surface area contributed by atoms with E-state index in [0.717, 1.165) is 11.1 Å². The first-order valence-electron chi connectivity index (χ1n) is 12.2. The molecular weight excluding hydrogens is 492 g/mol. The normalized spacial score (nSPS) is 10.9. The fraction of sp³-hybridized carbons (Fsp3) is 0.0625. The number of nitrogens with one attached hydrogen (secondary N) is 1. The van der Waals surface area contributed by atoms with Gasteiger partial charge in [0.15, 0.2) is 0 Å². The van der Waals surface area contributed by atoms with E-state index in [2.05, 4.69) is 10.5 Å². The first kappa shape index (κ1) is 26.8.